The molecular weight excluding hydrogens is 292 g/mol. The zero-order valence-electron chi connectivity index (χ0n) is 13.2. The number of carbonyl (C=O) groups is 1. The molecule has 0 saturated heterocycles. The summed E-state index contributed by atoms with van der Waals surface area (Å²) in [6, 6.07) is 17.8. The molecule has 0 fully saturated rings. The van der Waals surface area contributed by atoms with E-state index in [2.05, 4.69) is 0 Å². The van der Waals surface area contributed by atoms with E-state index in [0.29, 0.717) is 11.1 Å². The van der Waals surface area contributed by atoms with Crippen molar-refractivity contribution in [1.29, 1.82) is 0 Å². The van der Waals surface area contributed by atoms with Gasteiger partial charge in [0, 0.05) is 5.56 Å². The fourth-order valence-corrected chi connectivity index (χ4v) is 2.79. The fourth-order valence-electron chi connectivity index (χ4n) is 2.14. The van der Waals surface area contributed by atoms with E-state index < -0.39 is 13.9 Å². The van der Waals surface area contributed by atoms with Crippen LogP contribution in [-0.2, 0) is 10.0 Å². The van der Waals surface area contributed by atoms with Crippen LogP contribution < -0.4 is 0 Å². The molecule has 2 rings (SSSR count). The van der Waals surface area contributed by atoms with Crippen molar-refractivity contribution in [3.05, 3.63) is 71.8 Å². The molecule has 1 N–H and O–H groups in total. The van der Waals surface area contributed by atoms with E-state index in [9.17, 15) is 9.90 Å². The average Bonchev–Trinajstić information content (AvgIpc) is 2.53. The second-order valence-corrected chi connectivity index (χ2v) is 10.8. The van der Waals surface area contributed by atoms with Gasteiger partial charge in [0.1, 0.15) is 0 Å². The van der Waals surface area contributed by atoms with Gasteiger partial charge in [-0.1, -0.05) is 60.7 Å². The van der Waals surface area contributed by atoms with Crippen LogP contribution in [0.2, 0.25) is 19.6 Å². The van der Waals surface area contributed by atoms with E-state index >= 15 is 0 Å². The summed E-state index contributed by atoms with van der Waals surface area (Å²) in [5.74, 6) is -0.336. The van der Waals surface area contributed by atoms with Gasteiger partial charge in [-0.3, -0.25) is 4.79 Å². The van der Waals surface area contributed by atoms with Gasteiger partial charge in [-0.25, -0.2) is 0 Å². The molecule has 1 unspecified atom stereocenters. The largest absolute Gasteiger partial charge is 0.414 e. The van der Waals surface area contributed by atoms with Gasteiger partial charge in [0.25, 0.3) is 0 Å². The maximum Gasteiger partial charge on any atom is 0.201 e. The van der Waals surface area contributed by atoms with Crippen molar-refractivity contribution in [3.63, 3.8) is 0 Å². The van der Waals surface area contributed by atoms with Crippen molar-refractivity contribution in [3.8, 4) is 0 Å². The van der Waals surface area contributed by atoms with Crippen LogP contribution in [-0.4, -0.2) is 25.8 Å². The highest BCUT2D eigenvalue weighted by Crippen LogP contribution is 2.27. The Hall–Kier alpha value is -1.75. The smallest absolute Gasteiger partial charge is 0.201 e. The molecule has 0 aromatic heterocycles. The lowest BCUT2D eigenvalue weighted by Crippen LogP contribution is -2.44. The van der Waals surface area contributed by atoms with E-state index in [1.165, 1.54) is 0 Å². The molecule has 2 aromatic rings. The van der Waals surface area contributed by atoms with Crippen molar-refractivity contribution >= 4 is 14.1 Å². The lowest BCUT2D eigenvalue weighted by molar-refractivity contribution is 0.000756. The molecule has 0 aliphatic carbocycles. The SMILES string of the molecule is C[Si](C)(C)OCC(O)(C(=O)c1ccccc1)c1ccccc1. The Morgan fingerprint density at radius 3 is 2.00 bits per heavy atom. The molecule has 0 aliphatic heterocycles. The number of hydrogen-bond acceptors (Lipinski definition) is 3. The van der Waals surface area contributed by atoms with E-state index in [-0.39, 0.29) is 12.4 Å². The minimum atomic E-state index is -1.86. The molecule has 22 heavy (non-hydrogen) atoms. The first-order valence-electron chi connectivity index (χ1n) is 7.35. The van der Waals surface area contributed by atoms with Gasteiger partial charge in [-0.2, -0.15) is 0 Å². The van der Waals surface area contributed by atoms with Crippen LogP contribution in [0.1, 0.15) is 15.9 Å². The van der Waals surface area contributed by atoms with Crippen LogP contribution >= 0.6 is 0 Å². The van der Waals surface area contributed by atoms with Crippen LogP contribution in [0.3, 0.4) is 0 Å². The molecule has 116 valence electrons. The van der Waals surface area contributed by atoms with Gasteiger partial charge in [0.2, 0.25) is 5.78 Å². The number of ketones is 1. The van der Waals surface area contributed by atoms with E-state index in [1.807, 2.05) is 43.9 Å². The number of rotatable bonds is 6. The van der Waals surface area contributed by atoms with Crippen LogP contribution in [0.25, 0.3) is 0 Å². The lowest BCUT2D eigenvalue weighted by atomic mass is 9.86. The minimum absolute atomic E-state index is 0.0273. The minimum Gasteiger partial charge on any atom is -0.414 e. The summed E-state index contributed by atoms with van der Waals surface area (Å²) in [5.41, 5.74) is -0.627. The summed E-state index contributed by atoms with van der Waals surface area (Å²) in [5, 5.41) is 11.1. The highest BCUT2D eigenvalue weighted by atomic mass is 28.4. The molecule has 0 aliphatic rings. The lowest BCUT2D eigenvalue weighted by Gasteiger charge is -2.30. The summed E-state index contributed by atoms with van der Waals surface area (Å²) >= 11 is 0. The first kappa shape index (κ1) is 16.6. The molecule has 0 spiro atoms. The third kappa shape index (κ3) is 3.91. The van der Waals surface area contributed by atoms with Crippen molar-refractivity contribution in [2.45, 2.75) is 25.2 Å². The van der Waals surface area contributed by atoms with Crippen molar-refractivity contribution in [1.82, 2.24) is 0 Å². The Bertz CT molecular complexity index is 620. The highest BCUT2D eigenvalue weighted by molar-refractivity contribution is 6.69. The van der Waals surface area contributed by atoms with Crippen molar-refractivity contribution < 1.29 is 14.3 Å². The van der Waals surface area contributed by atoms with Gasteiger partial charge in [-0.15, -0.1) is 0 Å². The molecule has 3 nitrogen and oxygen atoms in total. The summed E-state index contributed by atoms with van der Waals surface area (Å²) < 4.78 is 5.86. The second kappa shape index (κ2) is 6.56. The van der Waals surface area contributed by atoms with Gasteiger partial charge < -0.3 is 9.53 Å². The number of benzene rings is 2. The predicted molar refractivity (Wildman–Crippen MR) is 90.4 cm³/mol. The van der Waals surface area contributed by atoms with Crippen LogP contribution in [0.4, 0.5) is 0 Å². The zero-order chi connectivity index (χ0) is 16.2. The second-order valence-electron chi connectivity index (χ2n) is 6.32. The molecule has 0 amide bonds. The van der Waals surface area contributed by atoms with Gasteiger partial charge in [0.05, 0.1) is 6.61 Å². The Morgan fingerprint density at radius 1 is 1.00 bits per heavy atom. The molecule has 0 bridgehead atoms. The van der Waals surface area contributed by atoms with Crippen molar-refractivity contribution in [2.24, 2.45) is 0 Å². The normalized spacial score (nSPS) is 14.4. The summed E-state index contributed by atoms with van der Waals surface area (Å²) in [6.45, 7) is 6.07. The summed E-state index contributed by atoms with van der Waals surface area (Å²) in [4.78, 5) is 12.9. The monoisotopic (exact) mass is 314 g/mol. The van der Waals surface area contributed by atoms with Crippen LogP contribution in [0, 0.1) is 0 Å². The standard InChI is InChI=1S/C18H22O3Si/c1-22(2,3)21-14-18(20,16-12-8-5-9-13-16)17(19)15-10-6-4-7-11-15/h4-13,20H,14H2,1-3H3. The molecule has 4 heteroatoms. The van der Waals surface area contributed by atoms with Gasteiger partial charge in [-0.05, 0) is 25.2 Å². The van der Waals surface area contributed by atoms with E-state index in [1.54, 1.807) is 36.4 Å². The molecular formula is C18H22O3Si. The summed E-state index contributed by atoms with van der Waals surface area (Å²) in [7, 11) is -1.86. The quantitative estimate of drug-likeness (QED) is 0.654. The third-order valence-corrected chi connectivity index (χ3v) is 4.39. The van der Waals surface area contributed by atoms with Gasteiger partial charge >= 0.3 is 0 Å². The third-order valence-electron chi connectivity index (χ3n) is 3.38. The summed E-state index contributed by atoms with van der Waals surface area (Å²) in [6.07, 6.45) is 0. The number of aliphatic hydroxyl groups is 1. The van der Waals surface area contributed by atoms with E-state index in [0.717, 1.165) is 0 Å². The highest BCUT2D eigenvalue weighted by Gasteiger charge is 2.39. The number of carbonyl (C=O) groups excluding carboxylic acids is 1. The molecule has 0 radical (unpaired) electrons. The maximum absolute atomic E-state index is 12.9. The Labute approximate surface area is 132 Å². The first-order valence-corrected chi connectivity index (χ1v) is 10.8. The first-order chi connectivity index (χ1) is 10.3. The average molecular weight is 314 g/mol. The molecule has 0 heterocycles. The topological polar surface area (TPSA) is 46.5 Å². The van der Waals surface area contributed by atoms with E-state index in [4.69, 9.17) is 4.43 Å². The predicted octanol–water partition coefficient (Wildman–Crippen LogP) is 3.61. The zero-order valence-corrected chi connectivity index (χ0v) is 14.2. The Morgan fingerprint density at radius 2 is 1.50 bits per heavy atom. The van der Waals surface area contributed by atoms with Crippen molar-refractivity contribution in [2.75, 3.05) is 6.61 Å². The van der Waals surface area contributed by atoms with Crippen LogP contribution in [0.15, 0.2) is 60.7 Å². The Kier molecular flexibility index (Phi) is 4.96. The fraction of sp³-hybridized carbons (Fsp3) is 0.278. The molecule has 1 atom stereocenters. The molecule has 2 aromatic carbocycles. The maximum atomic E-state index is 12.9. The Balaban J connectivity index is 2.39. The number of Topliss-reactive ketones (excluding diaryl/α,β-unsaturated/α-hetero) is 1. The van der Waals surface area contributed by atoms with Gasteiger partial charge in [0.15, 0.2) is 13.9 Å². The number of hydrogen-bond donors (Lipinski definition) is 1. The molecule has 0 saturated carbocycles. The van der Waals surface area contributed by atoms with Crippen LogP contribution in [0.5, 0.6) is 0 Å².